The fourth-order valence-electron chi connectivity index (χ4n) is 2.12. The summed E-state index contributed by atoms with van der Waals surface area (Å²) in [4.78, 5) is 12.4. The number of amides is 1. The molecule has 1 fully saturated rings. The first-order chi connectivity index (χ1) is 8.66. The molecule has 0 unspecified atom stereocenters. The number of anilines is 1. The van der Waals surface area contributed by atoms with Gasteiger partial charge in [0.15, 0.2) is 0 Å². The van der Waals surface area contributed by atoms with Crippen LogP contribution in [-0.4, -0.2) is 25.7 Å². The number of hydrogen-bond donors (Lipinski definition) is 2. The van der Waals surface area contributed by atoms with Gasteiger partial charge in [0.1, 0.15) is 0 Å². The summed E-state index contributed by atoms with van der Waals surface area (Å²) in [6.45, 7) is 1.58. The predicted octanol–water partition coefficient (Wildman–Crippen LogP) is 1.99. The van der Waals surface area contributed by atoms with Crippen molar-refractivity contribution in [2.45, 2.75) is 12.8 Å². The van der Waals surface area contributed by atoms with Crippen LogP contribution in [0, 0.1) is 8.99 Å². The van der Waals surface area contributed by atoms with Gasteiger partial charge in [-0.1, -0.05) is 6.07 Å². The molecular formula is C13H17IN2O2. The largest absolute Gasteiger partial charge is 0.381 e. The smallest absolute Gasteiger partial charge is 0.232 e. The third-order valence-electron chi connectivity index (χ3n) is 3.40. The van der Waals surface area contributed by atoms with Gasteiger partial charge in [0.25, 0.3) is 0 Å². The lowest BCUT2D eigenvalue weighted by atomic mass is 9.79. The molecule has 1 amide bonds. The molecule has 2 rings (SSSR count). The minimum atomic E-state index is -0.473. The van der Waals surface area contributed by atoms with Crippen molar-refractivity contribution in [3.63, 3.8) is 0 Å². The first-order valence-electron chi connectivity index (χ1n) is 6.01. The molecule has 0 aromatic heterocycles. The lowest BCUT2D eigenvalue weighted by Crippen LogP contribution is -2.46. The monoisotopic (exact) mass is 360 g/mol. The van der Waals surface area contributed by atoms with Crippen molar-refractivity contribution in [1.29, 1.82) is 0 Å². The number of carbonyl (C=O) groups excluding carboxylic acids is 1. The lowest BCUT2D eigenvalue weighted by molar-refractivity contribution is -0.130. The van der Waals surface area contributed by atoms with Crippen molar-refractivity contribution in [3.05, 3.63) is 27.8 Å². The average molecular weight is 360 g/mol. The average Bonchev–Trinajstić information content (AvgIpc) is 2.39. The minimum absolute atomic E-state index is 0.00954. The van der Waals surface area contributed by atoms with E-state index in [1.807, 2.05) is 24.3 Å². The van der Waals surface area contributed by atoms with E-state index in [1.165, 1.54) is 0 Å². The number of nitrogens with two attached hydrogens (primary N) is 1. The molecule has 1 aromatic rings. The molecule has 0 spiro atoms. The van der Waals surface area contributed by atoms with Crippen LogP contribution in [-0.2, 0) is 9.53 Å². The van der Waals surface area contributed by atoms with Crippen molar-refractivity contribution in [2.24, 2.45) is 11.1 Å². The van der Waals surface area contributed by atoms with E-state index in [0.29, 0.717) is 32.6 Å². The quantitative estimate of drug-likeness (QED) is 0.811. The summed E-state index contributed by atoms with van der Waals surface area (Å²) >= 11 is 2.22. The molecule has 3 N–H and O–H groups in total. The topological polar surface area (TPSA) is 64.4 Å². The molecule has 1 aromatic carbocycles. The number of benzene rings is 1. The zero-order chi connectivity index (χ0) is 13.0. The third-order valence-corrected chi connectivity index (χ3v) is 4.08. The number of ether oxygens (including phenoxy) is 1. The van der Waals surface area contributed by atoms with Crippen molar-refractivity contribution < 1.29 is 9.53 Å². The van der Waals surface area contributed by atoms with Gasteiger partial charge in [-0.05, 0) is 53.6 Å². The fraction of sp³-hybridized carbons (Fsp3) is 0.462. The Labute approximate surface area is 120 Å². The summed E-state index contributed by atoms with van der Waals surface area (Å²) < 4.78 is 6.41. The van der Waals surface area contributed by atoms with Crippen LogP contribution in [0.1, 0.15) is 12.8 Å². The summed E-state index contributed by atoms with van der Waals surface area (Å²) in [5, 5.41) is 2.96. The van der Waals surface area contributed by atoms with E-state index in [1.54, 1.807) is 0 Å². The lowest BCUT2D eigenvalue weighted by Gasteiger charge is -2.34. The van der Waals surface area contributed by atoms with Crippen LogP contribution >= 0.6 is 22.6 Å². The van der Waals surface area contributed by atoms with Gasteiger partial charge < -0.3 is 15.8 Å². The Balaban J connectivity index is 2.10. The Bertz CT molecular complexity index is 431. The summed E-state index contributed by atoms with van der Waals surface area (Å²) in [7, 11) is 0. The Morgan fingerprint density at radius 2 is 2.17 bits per heavy atom. The third kappa shape index (κ3) is 3.02. The predicted molar refractivity (Wildman–Crippen MR) is 79.3 cm³/mol. The molecule has 0 radical (unpaired) electrons. The highest BCUT2D eigenvalue weighted by Gasteiger charge is 2.38. The Kier molecular flexibility index (Phi) is 4.58. The van der Waals surface area contributed by atoms with E-state index in [-0.39, 0.29) is 5.91 Å². The molecule has 0 bridgehead atoms. The number of hydrogen-bond acceptors (Lipinski definition) is 3. The van der Waals surface area contributed by atoms with Crippen LogP contribution in [0.5, 0.6) is 0 Å². The Morgan fingerprint density at radius 3 is 2.78 bits per heavy atom. The highest BCUT2D eigenvalue weighted by atomic mass is 127. The second kappa shape index (κ2) is 5.99. The van der Waals surface area contributed by atoms with Crippen LogP contribution in [0.25, 0.3) is 0 Å². The SMILES string of the molecule is NCC1(C(=O)Nc2cccc(I)c2)CCOCC1. The Hall–Kier alpha value is -0.660. The molecule has 0 aliphatic carbocycles. The molecule has 1 aliphatic heterocycles. The highest BCUT2D eigenvalue weighted by molar-refractivity contribution is 14.1. The van der Waals surface area contributed by atoms with Crippen LogP contribution in [0.2, 0.25) is 0 Å². The molecule has 0 saturated carbocycles. The first-order valence-corrected chi connectivity index (χ1v) is 7.09. The van der Waals surface area contributed by atoms with E-state index in [0.717, 1.165) is 9.26 Å². The maximum atomic E-state index is 12.4. The summed E-state index contributed by atoms with van der Waals surface area (Å²) in [5.74, 6) is 0.00954. The zero-order valence-corrected chi connectivity index (χ0v) is 12.3. The molecule has 1 heterocycles. The molecule has 4 nitrogen and oxygen atoms in total. The molecule has 1 saturated heterocycles. The normalized spacial score (nSPS) is 18.3. The van der Waals surface area contributed by atoms with Gasteiger partial charge in [0, 0.05) is 29.0 Å². The van der Waals surface area contributed by atoms with Gasteiger partial charge >= 0.3 is 0 Å². The van der Waals surface area contributed by atoms with Crippen molar-refractivity contribution in [1.82, 2.24) is 0 Å². The van der Waals surface area contributed by atoms with Crippen LogP contribution in [0.4, 0.5) is 5.69 Å². The van der Waals surface area contributed by atoms with Crippen molar-refractivity contribution in [3.8, 4) is 0 Å². The van der Waals surface area contributed by atoms with Crippen molar-refractivity contribution >= 4 is 34.2 Å². The number of nitrogens with one attached hydrogen (secondary N) is 1. The highest BCUT2D eigenvalue weighted by Crippen LogP contribution is 2.31. The van der Waals surface area contributed by atoms with Gasteiger partial charge in [-0.15, -0.1) is 0 Å². The number of halogens is 1. The zero-order valence-electron chi connectivity index (χ0n) is 10.1. The second-order valence-corrected chi connectivity index (χ2v) is 5.81. The van der Waals surface area contributed by atoms with Gasteiger partial charge in [-0.3, -0.25) is 4.79 Å². The summed E-state index contributed by atoms with van der Waals surface area (Å²) in [6.07, 6.45) is 1.39. The van der Waals surface area contributed by atoms with Crippen LogP contribution < -0.4 is 11.1 Å². The minimum Gasteiger partial charge on any atom is -0.381 e. The van der Waals surface area contributed by atoms with Crippen molar-refractivity contribution in [2.75, 3.05) is 25.1 Å². The number of carbonyl (C=O) groups is 1. The molecule has 18 heavy (non-hydrogen) atoms. The standard InChI is InChI=1S/C13H17IN2O2/c14-10-2-1-3-11(8-10)16-12(17)13(9-15)4-6-18-7-5-13/h1-3,8H,4-7,9,15H2,(H,16,17). The maximum Gasteiger partial charge on any atom is 0.232 e. The van der Waals surface area contributed by atoms with E-state index in [9.17, 15) is 4.79 Å². The van der Waals surface area contributed by atoms with Gasteiger partial charge in [-0.2, -0.15) is 0 Å². The fourth-order valence-corrected chi connectivity index (χ4v) is 2.66. The van der Waals surface area contributed by atoms with Gasteiger partial charge in [0.2, 0.25) is 5.91 Å². The van der Waals surface area contributed by atoms with Gasteiger partial charge in [-0.25, -0.2) is 0 Å². The molecule has 1 aliphatic rings. The summed E-state index contributed by atoms with van der Waals surface area (Å²) in [5.41, 5.74) is 6.16. The second-order valence-electron chi connectivity index (χ2n) is 4.56. The van der Waals surface area contributed by atoms with Gasteiger partial charge in [0.05, 0.1) is 5.41 Å². The van der Waals surface area contributed by atoms with Crippen LogP contribution in [0.15, 0.2) is 24.3 Å². The van der Waals surface area contributed by atoms with E-state index in [4.69, 9.17) is 10.5 Å². The van der Waals surface area contributed by atoms with E-state index >= 15 is 0 Å². The Morgan fingerprint density at radius 1 is 1.44 bits per heavy atom. The van der Waals surface area contributed by atoms with E-state index < -0.39 is 5.41 Å². The molecule has 0 atom stereocenters. The summed E-state index contributed by atoms with van der Waals surface area (Å²) in [6, 6.07) is 7.76. The molecule has 5 heteroatoms. The maximum absolute atomic E-state index is 12.4. The molecule has 98 valence electrons. The van der Waals surface area contributed by atoms with Crippen LogP contribution in [0.3, 0.4) is 0 Å². The number of rotatable bonds is 3. The van der Waals surface area contributed by atoms with E-state index in [2.05, 4.69) is 27.9 Å². The first kappa shape index (κ1) is 13.8. The molecular weight excluding hydrogens is 343 g/mol.